The van der Waals surface area contributed by atoms with Crippen LogP contribution in [0.4, 0.5) is 0 Å². The Bertz CT molecular complexity index is 270. The molecule has 0 bridgehead atoms. The maximum absolute atomic E-state index is 9.34. The molecule has 0 aliphatic rings. The minimum atomic E-state index is -5.39. The zero-order chi connectivity index (χ0) is 14.8. The van der Waals surface area contributed by atoms with Gasteiger partial charge in [-0.1, -0.05) is 0 Å². The average molecular weight is 479 g/mol. The van der Waals surface area contributed by atoms with Gasteiger partial charge in [0, 0.05) is 0 Å². The molecule has 0 aromatic rings. The average Bonchev–Trinajstić information content (AvgIpc) is 2.01. The van der Waals surface area contributed by atoms with Crippen LogP contribution in [0, 0.1) is 0 Å². The number of halogens is 1. The smallest absolute Gasteiger partial charge is 1.00 e. The van der Waals surface area contributed by atoms with Crippen molar-refractivity contribution in [3.63, 3.8) is 0 Å². The minimum Gasteiger partial charge on any atom is -1.00 e. The molecule has 0 saturated heterocycles. The van der Waals surface area contributed by atoms with Gasteiger partial charge in [0.15, 0.2) is 0 Å². The molecule has 2 N–H and O–H groups in total. The number of carbonyl (C=O) groups excluding carboxylic acids is 2. The van der Waals surface area contributed by atoms with E-state index in [0.29, 0.717) is 0 Å². The molecule has 0 radical (unpaired) electrons. The van der Waals surface area contributed by atoms with Crippen molar-refractivity contribution in [2.24, 2.45) is 0 Å². The second-order valence-electron chi connectivity index (χ2n) is 2.44. The first-order chi connectivity index (χ1) is 7.29. The van der Waals surface area contributed by atoms with Crippen molar-refractivity contribution in [1.82, 2.24) is 0 Å². The van der Waals surface area contributed by atoms with Gasteiger partial charge in [-0.25, -0.2) is 0 Å². The molecule has 0 saturated carbocycles. The summed E-state index contributed by atoms with van der Waals surface area (Å²) in [6, 6.07) is 0. The van der Waals surface area contributed by atoms with Crippen LogP contribution in [0.3, 0.4) is 0 Å². The Labute approximate surface area is 320 Å². The topological polar surface area (TPSA) is 207 Å². The van der Waals surface area contributed by atoms with E-state index in [2.05, 4.69) is 0 Å². The maximum atomic E-state index is 9.34. The minimum absolute atomic E-state index is 0. The third-order valence-corrected chi connectivity index (χ3v) is 0.682. The zero-order valence-electron chi connectivity index (χ0n) is 15.1. The zero-order valence-corrected chi connectivity index (χ0v) is 31.0. The molecule has 0 fully saturated rings. The maximum Gasteiger partial charge on any atom is 1.00 e. The van der Waals surface area contributed by atoms with Crippen LogP contribution in [0.5, 0.6) is 0 Å². The van der Waals surface area contributed by atoms with Crippen LogP contribution in [0.1, 0.15) is 13.8 Å². The van der Waals surface area contributed by atoms with Gasteiger partial charge < -0.3 is 61.7 Å². The molecule has 0 aliphatic heterocycles. The molecule has 0 aromatic carbocycles. The van der Waals surface area contributed by atoms with E-state index >= 15 is 0 Å². The molecule has 0 rings (SSSR count). The Morgan fingerprint density at radius 3 is 0.833 bits per heavy atom. The van der Waals surface area contributed by atoms with Gasteiger partial charge in [0.05, 0.1) is 24.1 Å². The summed E-state index contributed by atoms with van der Waals surface area (Å²) in [7, 11) is -5.39. The molecule has 0 aromatic heterocycles. The Kier molecular flexibility index (Phi) is 105. The van der Waals surface area contributed by atoms with Crippen LogP contribution < -0.4 is 258 Å². The van der Waals surface area contributed by atoms with Crippen molar-refractivity contribution in [2.75, 3.05) is 0 Å². The Balaban J connectivity index is -0.0000000134. The first-order valence-electron chi connectivity index (χ1n) is 3.80. The number of aliphatic hydroxyl groups excluding tert-OH is 2. The molecule has 10 nitrogen and oxygen atoms in total. The third-order valence-electron chi connectivity index (χ3n) is 0.682. The van der Waals surface area contributed by atoms with Gasteiger partial charge in [-0.15, -0.1) is 0 Å². The summed E-state index contributed by atoms with van der Waals surface area (Å²) in [5.74, 6) is -2.87. The van der Waals surface area contributed by atoms with E-state index < -0.39 is 32.0 Å². The van der Waals surface area contributed by atoms with Gasteiger partial charge in [0.2, 0.25) is 0 Å². The standard InChI is InChI=1S/2C3H6O3.ClH.2K.4Na.H3O4P/c2*1-2(4)3(5)6;;;;;;;;1-5(2,3)4/h2*2,4H,1H3,(H,5,6);1H;;;;;;;(H3,1,2,3,4)/q;;;6*+1;/p-6. The number of hydrogen-bond donors (Lipinski definition) is 2. The Hall–Kier alpha value is 6.53. The number of rotatable bonds is 2. The summed E-state index contributed by atoms with van der Waals surface area (Å²) >= 11 is 0. The molecule has 18 heteroatoms. The van der Waals surface area contributed by atoms with E-state index in [1.165, 1.54) is 0 Å². The molecular formula is C6H10ClK2Na4O10P. The second-order valence-corrected chi connectivity index (χ2v) is 3.33. The molecule has 24 heavy (non-hydrogen) atoms. The molecule has 2 unspecified atom stereocenters. The normalized spacial score (nSPS) is 9.29. The number of carbonyl (C=O) groups is 2. The summed E-state index contributed by atoms with van der Waals surface area (Å²) in [5, 5.41) is 34.6. The second kappa shape index (κ2) is 39.9. The molecule has 0 amide bonds. The fraction of sp³-hybridized carbons (Fsp3) is 0.667. The first-order valence-corrected chi connectivity index (χ1v) is 5.26. The third kappa shape index (κ3) is 102. The van der Waals surface area contributed by atoms with E-state index in [-0.39, 0.29) is 233 Å². The van der Waals surface area contributed by atoms with Crippen molar-refractivity contribution in [3.8, 4) is 0 Å². The van der Waals surface area contributed by atoms with E-state index in [1.54, 1.807) is 0 Å². The van der Waals surface area contributed by atoms with Gasteiger partial charge in [0.25, 0.3) is 0 Å². The van der Waals surface area contributed by atoms with E-state index in [9.17, 15) is 19.8 Å². The molecule has 0 heterocycles. The number of carboxylic acid groups (broad SMARTS) is 2. The summed E-state index contributed by atoms with van der Waals surface area (Å²) in [6.45, 7) is 2.27. The van der Waals surface area contributed by atoms with Crippen LogP contribution in [0.15, 0.2) is 0 Å². The summed E-state index contributed by atoms with van der Waals surface area (Å²) in [4.78, 5) is 44.3. The monoisotopic (exact) mass is 478 g/mol. The molecule has 0 spiro atoms. The molecule has 112 valence electrons. The predicted molar refractivity (Wildman–Crippen MR) is 41.0 cm³/mol. The molecule has 0 aliphatic carbocycles. The van der Waals surface area contributed by atoms with E-state index in [0.717, 1.165) is 13.8 Å². The summed E-state index contributed by atoms with van der Waals surface area (Å²) in [5.41, 5.74) is 0. The summed E-state index contributed by atoms with van der Waals surface area (Å²) < 4.78 is 8.55. The van der Waals surface area contributed by atoms with Crippen molar-refractivity contribution in [1.29, 1.82) is 0 Å². The Morgan fingerprint density at radius 1 is 0.792 bits per heavy atom. The number of aliphatic carboxylic acids is 2. The molecular weight excluding hydrogens is 469 g/mol. The Morgan fingerprint density at radius 2 is 0.833 bits per heavy atom. The van der Waals surface area contributed by atoms with Crippen molar-refractivity contribution < 1.29 is 283 Å². The van der Waals surface area contributed by atoms with Gasteiger partial charge >= 0.3 is 221 Å². The predicted octanol–water partition coefficient (Wildman–Crippen LogP) is -27.6. The van der Waals surface area contributed by atoms with E-state index in [1.807, 2.05) is 0 Å². The summed E-state index contributed by atoms with van der Waals surface area (Å²) in [6.07, 6.45) is -2.69. The fourth-order valence-electron chi connectivity index (χ4n) is 0. The van der Waals surface area contributed by atoms with Crippen LogP contribution in [0.25, 0.3) is 0 Å². The number of hydrogen-bond acceptors (Lipinski definition) is 10. The molecule has 2 atom stereocenters. The SMILES string of the molecule is CC(O)C(=O)[O-].CC(O)C(=O)[O-].O=P([O-])([O-])[O-].[Cl-].[K+].[K+].[Na+].[Na+].[Na+].[Na+]. The number of carboxylic acids is 2. The quantitative estimate of drug-likeness (QED) is 0.283. The van der Waals surface area contributed by atoms with Crippen molar-refractivity contribution in [2.45, 2.75) is 26.1 Å². The van der Waals surface area contributed by atoms with Gasteiger partial charge in [-0.3, -0.25) is 0 Å². The number of phosphoric acid groups is 1. The van der Waals surface area contributed by atoms with Crippen LogP contribution in [-0.2, 0) is 14.2 Å². The van der Waals surface area contributed by atoms with Crippen LogP contribution >= 0.6 is 7.82 Å². The van der Waals surface area contributed by atoms with Crippen molar-refractivity contribution >= 4 is 19.8 Å². The van der Waals surface area contributed by atoms with Crippen LogP contribution in [0.2, 0.25) is 0 Å². The van der Waals surface area contributed by atoms with E-state index in [4.69, 9.17) is 29.5 Å². The van der Waals surface area contributed by atoms with Gasteiger partial charge in [-0.2, -0.15) is 7.82 Å². The largest absolute Gasteiger partial charge is 1.00 e. The van der Waals surface area contributed by atoms with Gasteiger partial charge in [0.1, 0.15) is 0 Å². The van der Waals surface area contributed by atoms with Crippen molar-refractivity contribution in [3.05, 3.63) is 0 Å². The number of aliphatic hydroxyl groups is 2. The fourth-order valence-corrected chi connectivity index (χ4v) is 0. The van der Waals surface area contributed by atoms with Crippen LogP contribution in [-0.4, -0.2) is 34.4 Å². The first kappa shape index (κ1) is 63.2. The van der Waals surface area contributed by atoms with Gasteiger partial charge in [-0.05, 0) is 13.8 Å².